The fourth-order valence-electron chi connectivity index (χ4n) is 4.68. The van der Waals surface area contributed by atoms with Crippen LogP contribution in [0.15, 0.2) is 64.3 Å². The molecule has 2 unspecified atom stereocenters. The van der Waals surface area contributed by atoms with Gasteiger partial charge in [-0.15, -0.1) is 0 Å². The molecule has 34 heavy (non-hydrogen) atoms. The minimum atomic E-state index is -0.811. The molecule has 3 heterocycles. The van der Waals surface area contributed by atoms with Crippen molar-refractivity contribution in [1.29, 1.82) is 0 Å². The van der Waals surface area contributed by atoms with Gasteiger partial charge in [-0.25, -0.2) is 0 Å². The van der Waals surface area contributed by atoms with Crippen LogP contribution in [0.3, 0.4) is 0 Å². The van der Waals surface area contributed by atoms with Gasteiger partial charge in [-0.1, -0.05) is 24.3 Å². The van der Waals surface area contributed by atoms with Crippen molar-refractivity contribution in [1.82, 2.24) is 4.90 Å². The lowest BCUT2D eigenvalue weighted by molar-refractivity contribution is -0.131. The Balaban J connectivity index is 1.59. The summed E-state index contributed by atoms with van der Waals surface area (Å²) in [6, 6.07) is 13.2. The zero-order chi connectivity index (χ0) is 23.8. The Labute approximate surface area is 196 Å². The Morgan fingerprint density at radius 3 is 2.71 bits per heavy atom. The standard InChI is InChI=1S/C26H25NO7/c1-31-17-8-3-6-15(12-17)22-21(24(29)26(30)27(22)14-18-9-5-11-33-18)23(28)20-13-16-7-4-10-19(32-2)25(16)34-20/h3-4,6-8,10,12-13,18,22,29H,5,9,11,14H2,1-2H3. The number of hydrogen-bond acceptors (Lipinski definition) is 7. The van der Waals surface area contributed by atoms with Gasteiger partial charge < -0.3 is 28.6 Å². The van der Waals surface area contributed by atoms with Gasteiger partial charge in [-0.2, -0.15) is 0 Å². The van der Waals surface area contributed by atoms with Crippen molar-refractivity contribution < 1.29 is 33.3 Å². The Bertz CT molecular complexity index is 1290. The molecule has 0 saturated carbocycles. The third-order valence-electron chi connectivity index (χ3n) is 6.33. The summed E-state index contributed by atoms with van der Waals surface area (Å²) >= 11 is 0. The van der Waals surface area contributed by atoms with E-state index in [1.54, 1.807) is 55.6 Å². The SMILES string of the molecule is COc1cccc(C2C(C(=O)c3cc4cccc(OC)c4o3)=C(O)C(=O)N2CC2CCCO2)c1. The fourth-order valence-corrected chi connectivity index (χ4v) is 4.68. The lowest BCUT2D eigenvalue weighted by Crippen LogP contribution is -2.37. The van der Waals surface area contributed by atoms with E-state index in [1.165, 1.54) is 12.0 Å². The summed E-state index contributed by atoms with van der Waals surface area (Å²) < 4.78 is 22.3. The number of benzene rings is 2. The van der Waals surface area contributed by atoms with Gasteiger partial charge in [0.25, 0.3) is 5.91 Å². The minimum absolute atomic E-state index is 0.0145. The van der Waals surface area contributed by atoms with Crippen LogP contribution in [0.4, 0.5) is 0 Å². The molecule has 1 N–H and O–H groups in total. The number of Topliss-reactive ketones (excluding diaryl/α,β-unsaturated/α-hetero) is 1. The summed E-state index contributed by atoms with van der Waals surface area (Å²) in [4.78, 5) is 28.4. The highest BCUT2D eigenvalue weighted by Gasteiger charge is 2.45. The van der Waals surface area contributed by atoms with E-state index in [1.807, 2.05) is 0 Å². The fraction of sp³-hybridized carbons (Fsp3) is 0.308. The van der Waals surface area contributed by atoms with Gasteiger partial charge in [-0.3, -0.25) is 9.59 Å². The van der Waals surface area contributed by atoms with E-state index < -0.39 is 23.5 Å². The predicted octanol–water partition coefficient (Wildman–Crippen LogP) is 4.21. The van der Waals surface area contributed by atoms with Crippen molar-refractivity contribution in [3.05, 3.63) is 71.2 Å². The van der Waals surface area contributed by atoms with Gasteiger partial charge in [0.2, 0.25) is 5.78 Å². The zero-order valence-corrected chi connectivity index (χ0v) is 18.9. The number of methoxy groups -OCH3 is 2. The van der Waals surface area contributed by atoms with E-state index in [0.717, 1.165) is 12.8 Å². The first kappa shape index (κ1) is 22.0. The van der Waals surface area contributed by atoms with E-state index in [0.29, 0.717) is 34.6 Å². The Morgan fingerprint density at radius 1 is 1.15 bits per heavy atom. The van der Waals surface area contributed by atoms with Crippen molar-refractivity contribution in [2.75, 3.05) is 27.4 Å². The Morgan fingerprint density at radius 2 is 1.97 bits per heavy atom. The number of aliphatic hydroxyl groups is 1. The molecule has 8 heteroatoms. The molecule has 2 aliphatic rings. The van der Waals surface area contributed by atoms with Gasteiger partial charge in [0.15, 0.2) is 22.9 Å². The van der Waals surface area contributed by atoms with Crippen molar-refractivity contribution in [3.63, 3.8) is 0 Å². The lowest BCUT2D eigenvalue weighted by Gasteiger charge is -2.29. The number of ketones is 1. The number of para-hydroxylation sites is 1. The van der Waals surface area contributed by atoms with Crippen LogP contribution in [0.25, 0.3) is 11.0 Å². The van der Waals surface area contributed by atoms with Crippen molar-refractivity contribution in [2.24, 2.45) is 0 Å². The molecule has 1 fully saturated rings. The number of carbonyl (C=O) groups is 2. The monoisotopic (exact) mass is 463 g/mol. The number of amides is 1. The van der Waals surface area contributed by atoms with Gasteiger partial charge >= 0.3 is 0 Å². The second-order valence-electron chi connectivity index (χ2n) is 8.35. The number of carbonyl (C=O) groups excluding carboxylic acids is 2. The highest BCUT2D eigenvalue weighted by molar-refractivity contribution is 6.16. The summed E-state index contributed by atoms with van der Waals surface area (Å²) in [5.41, 5.74) is 1.04. The normalized spacial score (nSPS) is 20.4. The van der Waals surface area contributed by atoms with Crippen LogP contribution in [0.5, 0.6) is 11.5 Å². The summed E-state index contributed by atoms with van der Waals surface area (Å²) in [7, 11) is 3.06. The molecule has 0 aliphatic carbocycles. The van der Waals surface area contributed by atoms with E-state index in [4.69, 9.17) is 18.6 Å². The molecule has 176 valence electrons. The number of nitrogens with zero attached hydrogens (tertiary/aromatic N) is 1. The Hall–Kier alpha value is -3.78. The maximum absolute atomic E-state index is 13.7. The van der Waals surface area contributed by atoms with Crippen molar-refractivity contribution in [3.8, 4) is 11.5 Å². The number of rotatable bonds is 7. The molecule has 0 spiro atoms. The first-order valence-electron chi connectivity index (χ1n) is 11.1. The van der Waals surface area contributed by atoms with Crippen LogP contribution >= 0.6 is 0 Å². The summed E-state index contributed by atoms with van der Waals surface area (Å²) in [6.45, 7) is 0.887. The predicted molar refractivity (Wildman–Crippen MR) is 123 cm³/mol. The van der Waals surface area contributed by atoms with Gasteiger partial charge in [-0.05, 0) is 42.7 Å². The van der Waals surface area contributed by atoms with Gasteiger partial charge in [0.1, 0.15) is 5.75 Å². The molecule has 5 rings (SSSR count). The van der Waals surface area contributed by atoms with E-state index in [9.17, 15) is 14.7 Å². The third-order valence-corrected chi connectivity index (χ3v) is 6.33. The third kappa shape index (κ3) is 3.70. The number of fused-ring (bicyclic) bond motifs is 1. The molecule has 0 radical (unpaired) electrons. The second-order valence-corrected chi connectivity index (χ2v) is 8.35. The van der Waals surface area contributed by atoms with Crippen molar-refractivity contribution in [2.45, 2.75) is 25.0 Å². The summed E-state index contributed by atoms with van der Waals surface area (Å²) in [6.07, 6.45) is 1.56. The molecule has 8 nitrogen and oxygen atoms in total. The van der Waals surface area contributed by atoms with Crippen LogP contribution in [-0.2, 0) is 9.53 Å². The molecule has 1 saturated heterocycles. The molecule has 1 amide bonds. The zero-order valence-electron chi connectivity index (χ0n) is 18.9. The van der Waals surface area contributed by atoms with E-state index >= 15 is 0 Å². The molecule has 2 aliphatic heterocycles. The molecule has 3 aromatic rings. The summed E-state index contributed by atoms with van der Waals surface area (Å²) in [5.74, 6) is -0.675. The van der Waals surface area contributed by atoms with Crippen LogP contribution in [0, 0.1) is 0 Å². The van der Waals surface area contributed by atoms with Crippen LogP contribution in [0.2, 0.25) is 0 Å². The number of hydrogen-bond donors (Lipinski definition) is 1. The maximum atomic E-state index is 13.7. The average Bonchev–Trinajstić information content (AvgIpc) is 3.59. The minimum Gasteiger partial charge on any atom is -0.503 e. The molecule has 2 atom stereocenters. The van der Waals surface area contributed by atoms with Crippen LogP contribution in [-0.4, -0.2) is 55.2 Å². The topological polar surface area (TPSA) is 98.4 Å². The molecular weight excluding hydrogens is 438 g/mol. The highest BCUT2D eigenvalue weighted by Crippen LogP contribution is 2.41. The van der Waals surface area contributed by atoms with Crippen LogP contribution in [0.1, 0.15) is 35.0 Å². The first-order chi connectivity index (χ1) is 16.5. The largest absolute Gasteiger partial charge is 0.503 e. The van der Waals surface area contributed by atoms with E-state index in [2.05, 4.69) is 0 Å². The lowest BCUT2D eigenvalue weighted by atomic mass is 9.94. The van der Waals surface area contributed by atoms with Gasteiger partial charge in [0.05, 0.1) is 31.9 Å². The average molecular weight is 463 g/mol. The van der Waals surface area contributed by atoms with E-state index in [-0.39, 0.29) is 24.0 Å². The molecule has 0 bridgehead atoms. The first-order valence-corrected chi connectivity index (χ1v) is 11.1. The Kier molecular flexibility index (Phi) is 5.75. The number of aliphatic hydroxyl groups excluding tert-OH is 1. The maximum Gasteiger partial charge on any atom is 0.290 e. The second kappa shape index (κ2) is 8.87. The van der Waals surface area contributed by atoms with Crippen molar-refractivity contribution >= 4 is 22.7 Å². The molecule has 1 aromatic heterocycles. The number of ether oxygens (including phenoxy) is 3. The summed E-state index contributed by atoms with van der Waals surface area (Å²) in [5, 5.41) is 11.6. The molecule has 2 aromatic carbocycles. The smallest absolute Gasteiger partial charge is 0.290 e. The quantitative estimate of drug-likeness (QED) is 0.524. The van der Waals surface area contributed by atoms with Gasteiger partial charge in [0, 0.05) is 18.5 Å². The molecular formula is C26H25NO7. The number of furan rings is 1. The van der Waals surface area contributed by atoms with Crippen LogP contribution < -0.4 is 9.47 Å². The highest BCUT2D eigenvalue weighted by atomic mass is 16.5.